The Hall–Kier alpha value is -1.69. The van der Waals surface area contributed by atoms with Crippen molar-refractivity contribution in [3.63, 3.8) is 0 Å². The van der Waals surface area contributed by atoms with Crippen LogP contribution in [0.3, 0.4) is 0 Å². The number of ether oxygens (including phenoxy) is 2. The highest BCUT2D eigenvalue weighted by atomic mass is 79.9. The summed E-state index contributed by atoms with van der Waals surface area (Å²) in [5.41, 5.74) is 0.600. The zero-order chi connectivity index (χ0) is 16.3. The first-order valence-corrected chi connectivity index (χ1v) is 7.89. The standard InChI is InChI=1S/C16H21BrN2O3/c1-16(2,3)22-15(20)18-7-8-19-10-13(17)12-9-11(21-4)5-6-14(12)19/h5-6,9-10H,7-8H2,1-4H3,(H,18,20). The van der Waals surface area contributed by atoms with Crippen LogP contribution in [0.25, 0.3) is 10.9 Å². The first-order valence-electron chi connectivity index (χ1n) is 7.09. The van der Waals surface area contributed by atoms with Crippen LogP contribution in [-0.4, -0.2) is 29.9 Å². The number of hydrogen-bond donors (Lipinski definition) is 1. The molecule has 0 saturated carbocycles. The zero-order valence-corrected chi connectivity index (χ0v) is 14.9. The van der Waals surface area contributed by atoms with E-state index in [1.165, 1.54) is 0 Å². The van der Waals surface area contributed by atoms with E-state index in [1.807, 2.05) is 45.2 Å². The third-order valence-corrected chi connectivity index (χ3v) is 3.69. The molecule has 2 aromatic rings. The number of fused-ring (bicyclic) bond motifs is 1. The van der Waals surface area contributed by atoms with Gasteiger partial charge in [0.05, 0.1) is 7.11 Å². The van der Waals surface area contributed by atoms with Crippen LogP contribution >= 0.6 is 15.9 Å². The quantitative estimate of drug-likeness (QED) is 0.888. The van der Waals surface area contributed by atoms with Gasteiger partial charge in [-0.05, 0) is 54.9 Å². The van der Waals surface area contributed by atoms with Gasteiger partial charge >= 0.3 is 6.09 Å². The molecule has 1 aromatic carbocycles. The Bertz CT molecular complexity index is 674. The fourth-order valence-electron chi connectivity index (χ4n) is 2.14. The summed E-state index contributed by atoms with van der Waals surface area (Å²) < 4.78 is 13.5. The molecule has 0 aliphatic carbocycles. The van der Waals surface area contributed by atoms with Gasteiger partial charge < -0.3 is 19.4 Å². The molecule has 0 unspecified atom stereocenters. The van der Waals surface area contributed by atoms with Crippen molar-refractivity contribution in [2.75, 3.05) is 13.7 Å². The van der Waals surface area contributed by atoms with Crippen molar-refractivity contribution in [1.82, 2.24) is 9.88 Å². The van der Waals surface area contributed by atoms with Crippen LogP contribution < -0.4 is 10.1 Å². The highest BCUT2D eigenvalue weighted by Crippen LogP contribution is 2.29. The fourth-order valence-corrected chi connectivity index (χ4v) is 2.70. The van der Waals surface area contributed by atoms with Crippen LogP contribution in [0, 0.1) is 0 Å². The van der Waals surface area contributed by atoms with Crippen molar-refractivity contribution in [3.05, 3.63) is 28.9 Å². The first-order chi connectivity index (χ1) is 10.3. The summed E-state index contributed by atoms with van der Waals surface area (Å²) in [6, 6.07) is 5.91. The second-order valence-electron chi connectivity index (χ2n) is 5.98. The van der Waals surface area contributed by atoms with Crippen LogP contribution in [0.5, 0.6) is 5.75 Å². The van der Waals surface area contributed by atoms with Crippen molar-refractivity contribution in [3.8, 4) is 5.75 Å². The van der Waals surface area contributed by atoms with Gasteiger partial charge in [-0.15, -0.1) is 0 Å². The van der Waals surface area contributed by atoms with Crippen molar-refractivity contribution >= 4 is 32.9 Å². The Labute approximate surface area is 138 Å². The number of carbonyl (C=O) groups is 1. The predicted octanol–water partition coefficient (Wildman–Crippen LogP) is 3.94. The normalized spacial score (nSPS) is 11.5. The van der Waals surface area contributed by atoms with Crippen molar-refractivity contribution in [2.45, 2.75) is 32.9 Å². The van der Waals surface area contributed by atoms with E-state index in [0.29, 0.717) is 13.1 Å². The number of nitrogens with one attached hydrogen (secondary N) is 1. The lowest BCUT2D eigenvalue weighted by Crippen LogP contribution is -2.34. The number of carbonyl (C=O) groups excluding carboxylic acids is 1. The number of halogens is 1. The molecule has 0 radical (unpaired) electrons. The van der Waals surface area contributed by atoms with Crippen LogP contribution in [0.1, 0.15) is 20.8 Å². The van der Waals surface area contributed by atoms with E-state index in [2.05, 4.69) is 25.8 Å². The van der Waals surface area contributed by atoms with E-state index < -0.39 is 11.7 Å². The maximum atomic E-state index is 11.6. The molecule has 1 aromatic heterocycles. The molecule has 1 heterocycles. The number of benzene rings is 1. The number of methoxy groups -OCH3 is 1. The second-order valence-corrected chi connectivity index (χ2v) is 6.84. The molecule has 0 spiro atoms. The average Bonchev–Trinajstić information content (AvgIpc) is 2.73. The molecule has 1 N–H and O–H groups in total. The number of hydrogen-bond acceptors (Lipinski definition) is 3. The fraction of sp³-hybridized carbons (Fsp3) is 0.438. The predicted molar refractivity (Wildman–Crippen MR) is 90.4 cm³/mol. The molecule has 120 valence electrons. The van der Waals surface area contributed by atoms with Crippen LogP contribution in [0.4, 0.5) is 4.79 Å². The largest absolute Gasteiger partial charge is 0.497 e. The Morgan fingerprint density at radius 1 is 1.36 bits per heavy atom. The number of rotatable bonds is 4. The maximum Gasteiger partial charge on any atom is 0.407 e. The number of amides is 1. The summed E-state index contributed by atoms with van der Waals surface area (Å²) in [5, 5.41) is 3.84. The van der Waals surface area contributed by atoms with E-state index >= 15 is 0 Å². The third kappa shape index (κ3) is 4.16. The molecule has 2 rings (SSSR count). The summed E-state index contributed by atoms with van der Waals surface area (Å²) >= 11 is 3.55. The monoisotopic (exact) mass is 368 g/mol. The molecular weight excluding hydrogens is 348 g/mol. The van der Waals surface area contributed by atoms with Crippen molar-refractivity contribution in [1.29, 1.82) is 0 Å². The summed E-state index contributed by atoms with van der Waals surface area (Å²) in [7, 11) is 1.65. The minimum absolute atomic E-state index is 0.398. The molecule has 0 bridgehead atoms. The highest BCUT2D eigenvalue weighted by Gasteiger charge is 2.15. The molecule has 0 aliphatic rings. The minimum atomic E-state index is -0.482. The van der Waals surface area contributed by atoms with Gasteiger partial charge in [-0.25, -0.2) is 4.79 Å². The molecule has 22 heavy (non-hydrogen) atoms. The zero-order valence-electron chi connectivity index (χ0n) is 13.3. The van der Waals surface area contributed by atoms with E-state index in [9.17, 15) is 4.79 Å². The Morgan fingerprint density at radius 3 is 2.73 bits per heavy atom. The smallest absolute Gasteiger partial charge is 0.407 e. The SMILES string of the molecule is COc1ccc2c(c1)c(Br)cn2CCNC(=O)OC(C)(C)C. The van der Waals surface area contributed by atoms with Crippen molar-refractivity contribution < 1.29 is 14.3 Å². The second kappa shape index (κ2) is 6.60. The Morgan fingerprint density at radius 2 is 2.09 bits per heavy atom. The van der Waals surface area contributed by atoms with Crippen LogP contribution in [0.2, 0.25) is 0 Å². The average molecular weight is 369 g/mol. The molecule has 0 aliphatic heterocycles. The molecule has 6 heteroatoms. The van der Waals surface area contributed by atoms with E-state index in [4.69, 9.17) is 9.47 Å². The van der Waals surface area contributed by atoms with E-state index in [0.717, 1.165) is 21.1 Å². The van der Waals surface area contributed by atoms with Crippen LogP contribution in [-0.2, 0) is 11.3 Å². The topological polar surface area (TPSA) is 52.5 Å². The molecule has 0 fully saturated rings. The van der Waals surface area contributed by atoms with E-state index in [1.54, 1.807) is 7.11 Å². The first kappa shape index (κ1) is 16.7. The minimum Gasteiger partial charge on any atom is -0.497 e. The van der Waals surface area contributed by atoms with Gasteiger partial charge in [-0.3, -0.25) is 0 Å². The molecular formula is C16H21BrN2O3. The Balaban J connectivity index is 2.02. The molecule has 1 amide bonds. The third-order valence-electron chi connectivity index (χ3n) is 3.06. The number of aromatic nitrogens is 1. The van der Waals surface area contributed by atoms with Gasteiger partial charge in [0.25, 0.3) is 0 Å². The van der Waals surface area contributed by atoms with Gasteiger partial charge in [-0.2, -0.15) is 0 Å². The summed E-state index contributed by atoms with van der Waals surface area (Å²) in [6.45, 7) is 6.69. The van der Waals surface area contributed by atoms with E-state index in [-0.39, 0.29) is 0 Å². The molecule has 5 nitrogen and oxygen atoms in total. The van der Waals surface area contributed by atoms with Crippen molar-refractivity contribution in [2.24, 2.45) is 0 Å². The molecule has 0 saturated heterocycles. The Kier molecular flexibility index (Phi) is 5.01. The maximum absolute atomic E-state index is 11.6. The van der Waals surface area contributed by atoms with Gasteiger partial charge in [0.1, 0.15) is 11.4 Å². The lowest BCUT2D eigenvalue weighted by Gasteiger charge is -2.19. The lowest BCUT2D eigenvalue weighted by atomic mass is 10.2. The van der Waals surface area contributed by atoms with Gasteiger partial charge in [0.15, 0.2) is 0 Å². The summed E-state index contributed by atoms with van der Waals surface area (Å²) in [5.74, 6) is 0.817. The molecule has 0 atom stereocenters. The summed E-state index contributed by atoms with van der Waals surface area (Å²) in [4.78, 5) is 11.6. The van der Waals surface area contributed by atoms with Gasteiger partial charge in [-0.1, -0.05) is 0 Å². The number of alkyl carbamates (subject to hydrolysis) is 1. The highest BCUT2D eigenvalue weighted by molar-refractivity contribution is 9.10. The van der Waals surface area contributed by atoms with Gasteiger partial charge in [0, 0.05) is 34.7 Å². The van der Waals surface area contributed by atoms with Crippen LogP contribution in [0.15, 0.2) is 28.9 Å². The summed E-state index contributed by atoms with van der Waals surface area (Å²) in [6.07, 6.45) is 1.60. The van der Waals surface area contributed by atoms with Gasteiger partial charge in [0.2, 0.25) is 0 Å². The lowest BCUT2D eigenvalue weighted by molar-refractivity contribution is 0.0526. The number of nitrogens with zero attached hydrogens (tertiary/aromatic N) is 1.